The number of hydroxylamine groups is 2. The van der Waals surface area contributed by atoms with E-state index in [2.05, 4.69) is 91.5 Å². The van der Waals surface area contributed by atoms with Gasteiger partial charge in [-0.25, -0.2) is 17.8 Å². The summed E-state index contributed by atoms with van der Waals surface area (Å²) in [5, 5.41) is 0.579. The summed E-state index contributed by atoms with van der Waals surface area (Å²) in [5.74, 6) is -1.38. The van der Waals surface area contributed by atoms with Crippen LogP contribution in [0.2, 0.25) is 0 Å². The van der Waals surface area contributed by atoms with E-state index >= 15 is 0 Å². The Labute approximate surface area is 437 Å². The molecule has 2 aromatic rings. The number of aryl methyl sites for hydroxylation is 1. The number of hydrogen-bond donors (Lipinski definition) is 0. The number of unbranched alkanes of at least 4 members (excludes halogenated alkanes) is 3. The van der Waals surface area contributed by atoms with Gasteiger partial charge in [-0.2, -0.15) is 0 Å². The minimum absolute atomic E-state index is 0.0518. The monoisotopic (exact) mass is 1040 g/mol. The van der Waals surface area contributed by atoms with E-state index < -0.39 is 33.3 Å². The van der Waals surface area contributed by atoms with Gasteiger partial charge in [-0.1, -0.05) is 70.4 Å². The van der Waals surface area contributed by atoms with E-state index in [0.29, 0.717) is 83.7 Å². The number of fused-ring (bicyclic) bond motifs is 2. The van der Waals surface area contributed by atoms with Crippen LogP contribution in [0.1, 0.15) is 121 Å². The van der Waals surface area contributed by atoms with Gasteiger partial charge in [-0.05, 0) is 80.2 Å². The molecule has 7 rings (SSSR count). The van der Waals surface area contributed by atoms with Crippen LogP contribution in [0.15, 0.2) is 88.1 Å². The van der Waals surface area contributed by atoms with E-state index in [1.54, 1.807) is 20.3 Å². The van der Waals surface area contributed by atoms with Crippen LogP contribution in [0.25, 0.3) is 0 Å². The molecular weight excluding hydrogens is 965 g/mol. The molecule has 3 fully saturated rings. The van der Waals surface area contributed by atoms with Gasteiger partial charge in [0.15, 0.2) is 0 Å². The lowest BCUT2D eigenvalue weighted by Crippen LogP contribution is -2.34. The number of rotatable bonds is 24. The molecule has 2 aromatic carbocycles. The number of Topliss-reactive ketones (excluding diaryl/α,β-unsaturated/α-hetero) is 1. The predicted octanol–water partition coefficient (Wildman–Crippen LogP) is 7.92. The third-order valence-electron chi connectivity index (χ3n) is 15.2. The molecule has 0 atom stereocenters. The summed E-state index contributed by atoms with van der Waals surface area (Å²) in [5.41, 5.74) is 10.0. The zero-order chi connectivity index (χ0) is 53.2. The maximum Gasteiger partial charge on any atom is 0.333 e. The summed E-state index contributed by atoms with van der Waals surface area (Å²) in [7, 11) is -1.39. The number of ketones is 1. The van der Waals surface area contributed by atoms with Crippen LogP contribution in [-0.4, -0.2) is 132 Å². The number of ether oxygens (including phenoxy) is 4. The number of amides is 2. The molecule has 0 spiro atoms. The summed E-state index contributed by atoms with van der Waals surface area (Å²) in [6.07, 6.45) is 15.5. The lowest BCUT2D eigenvalue weighted by Gasteiger charge is -2.27. The van der Waals surface area contributed by atoms with Crippen LogP contribution in [-0.2, 0) is 63.9 Å². The second kappa shape index (κ2) is 25.0. The Hall–Kier alpha value is -5.30. The summed E-state index contributed by atoms with van der Waals surface area (Å²) in [6, 6.07) is 11.3. The largest absolute Gasteiger partial charge is 0.744 e. The molecule has 2 amide bonds. The van der Waals surface area contributed by atoms with Crippen LogP contribution >= 0.6 is 0 Å². The van der Waals surface area contributed by atoms with E-state index in [1.165, 1.54) is 51.5 Å². The van der Waals surface area contributed by atoms with Gasteiger partial charge in [-0.3, -0.25) is 14.4 Å². The van der Waals surface area contributed by atoms with Crippen molar-refractivity contribution >= 4 is 50.8 Å². The highest BCUT2D eigenvalue weighted by Gasteiger charge is 2.42. The van der Waals surface area contributed by atoms with Gasteiger partial charge in [-0.15, -0.1) is 5.06 Å². The zero-order valence-electron chi connectivity index (χ0n) is 44.5. The normalized spacial score (nSPS) is 21.6. The molecular formula is C57H76N4O12S. The first-order chi connectivity index (χ1) is 35.4. The first-order valence-electron chi connectivity index (χ1n) is 26.3. The van der Waals surface area contributed by atoms with E-state index in [1.807, 2.05) is 0 Å². The molecule has 2 saturated heterocycles. The van der Waals surface area contributed by atoms with Crippen molar-refractivity contribution in [2.45, 2.75) is 127 Å². The van der Waals surface area contributed by atoms with Crippen molar-refractivity contribution in [1.82, 2.24) is 5.06 Å². The summed E-state index contributed by atoms with van der Waals surface area (Å²) >= 11 is 0. The quantitative estimate of drug-likeness (QED) is 0.0428. The molecule has 402 valence electrons. The molecule has 0 aromatic heterocycles. The minimum Gasteiger partial charge on any atom is -0.744 e. The maximum atomic E-state index is 13.7. The van der Waals surface area contributed by atoms with Gasteiger partial charge in [0.1, 0.15) is 29.0 Å². The Morgan fingerprint density at radius 1 is 0.689 bits per heavy atom. The lowest BCUT2D eigenvalue weighted by molar-refractivity contribution is -0.538. The van der Waals surface area contributed by atoms with Crippen molar-refractivity contribution in [3.8, 4) is 0 Å². The summed E-state index contributed by atoms with van der Waals surface area (Å²) in [6.45, 7) is 16.3. The standard InChI is InChI=1S/C57H76N4O12S/c1-40-14-20-47-45(38-40)56(2,3)50(59(47)30-32-71-36-34-69-6)22-17-42-15-16-43(18-23-51-57(4,5)46-39-44(74(66,67)68)19-21-48(46)60(51)31-33-72-37-35-70-7)55(42)58-28-26-41(27-29-58)49(62)12-10-8-9-11-13-54(65)73-61-52(63)24-25-53(61)64/h14,17-23,38-39,41H,8-13,15-16,24-37H2,1-7H3. The fourth-order valence-electron chi connectivity index (χ4n) is 11.0. The highest BCUT2D eigenvalue weighted by Crippen LogP contribution is 2.50. The third kappa shape index (κ3) is 13.2. The predicted molar refractivity (Wildman–Crippen MR) is 281 cm³/mol. The molecule has 1 aliphatic carbocycles. The van der Waals surface area contributed by atoms with Crippen molar-refractivity contribution in [2.75, 3.05) is 89.8 Å². The molecule has 0 unspecified atom stereocenters. The minimum atomic E-state index is -4.69. The van der Waals surface area contributed by atoms with Gasteiger partial charge in [0.25, 0.3) is 11.8 Å². The maximum absolute atomic E-state index is 13.7. The summed E-state index contributed by atoms with van der Waals surface area (Å²) < 4.78 is 61.6. The number of anilines is 2. The van der Waals surface area contributed by atoms with Gasteiger partial charge >= 0.3 is 5.97 Å². The Morgan fingerprint density at radius 3 is 1.73 bits per heavy atom. The molecule has 17 heteroatoms. The van der Waals surface area contributed by atoms with E-state index in [9.17, 15) is 32.1 Å². The fourth-order valence-corrected chi connectivity index (χ4v) is 11.5. The number of hydrogen-bond acceptors (Lipinski definition) is 14. The highest BCUT2D eigenvalue weighted by molar-refractivity contribution is 7.85. The first-order valence-corrected chi connectivity index (χ1v) is 27.7. The van der Waals surface area contributed by atoms with Crippen molar-refractivity contribution in [2.24, 2.45) is 5.92 Å². The number of nitrogens with zero attached hydrogens (tertiary/aromatic N) is 4. The highest BCUT2D eigenvalue weighted by atomic mass is 32.2. The van der Waals surface area contributed by atoms with E-state index in [4.69, 9.17) is 23.8 Å². The van der Waals surface area contributed by atoms with Crippen LogP contribution in [0.4, 0.5) is 11.4 Å². The average Bonchev–Trinajstić information content (AvgIpc) is 4.04. The van der Waals surface area contributed by atoms with E-state index in [0.717, 1.165) is 61.9 Å². The number of carbonyl (C=O) groups excluding carboxylic acids is 4. The third-order valence-corrected chi connectivity index (χ3v) is 16.0. The summed E-state index contributed by atoms with van der Waals surface area (Å²) in [4.78, 5) is 58.8. The molecule has 4 heterocycles. The van der Waals surface area contributed by atoms with Crippen LogP contribution in [0.3, 0.4) is 0 Å². The number of carbonyl (C=O) groups is 4. The zero-order valence-corrected chi connectivity index (χ0v) is 45.3. The molecule has 0 radical (unpaired) electrons. The molecule has 0 N–H and O–H groups in total. The Balaban J connectivity index is 1.14. The second-order valence-electron chi connectivity index (χ2n) is 20.9. The van der Waals surface area contributed by atoms with Crippen LogP contribution < -0.4 is 9.80 Å². The Bertz CT molecular complexity index is 2670. The molecule has 0 bridgehead atoms. The van der Waals surface area contributed by atoms with Gasteiger partial charge in [0, 0.05) is 116 Å². The molecule has 16 nitrogen and oxygen atoms in total. The number of piperidine rings is 1. The lowest BCUT2D eigenvalue weighted by atomic mass is 9.83. The van der Waals surface area contributed by atoms with Crippen molar-refractivity contribution < 1.29 is 60.5 Å². The fraction of sp³-hybridized carbons (Fsp3) is 0.561. The first kappa shape index (κ1) is 56.4. The average molecular weight is 1040 g/mol. The second-order valence-corrected chi connectivity index (χ2v) is 22.3. The van der Waals surface area contributed by atoms with Crippen LogP contribution in [0.5, 0.6) is 0 Å². The smallest absolute Gasteiger partial charge is 0.333 e. The molecule has 5 aliphatic rings. The SMILES string of the molecule is COCCOCCN1C(=CC=C2CCC(=CC=C3N(CCOCCOC)c4ccc(S(=O)(=O)[O-])cc4C3(C)C)C2=[N+]2CCC(C(=O)CCCCCCC(=O)ON3C(=O)CCC3=O)CC2)C(C)(C)c2cc(C)ccc21. The molecule has 1 saturated carbocycles. The number of methoxy groups -OCH3 is 2. The Morgan fingerprint density at radius 2 is 1.20 bits per heavy atom. The topological polar surface area (TPSA) is 184 Å². The van der Waals surface area contributed by atoms with Crippen molar-refractivity contribution in [1.29, 1.82) is 0 Å². The van der Waals surface area contributed by atoms with E-state index in [-0.39, 0.29) is 41.3 Å². The Kier molecular flexibility index (Phi) is 19.1. The van der Waals surface area contributed by atoms with Crippen molar-refractivity contribution in [3.05, 3.63) is 99.9 Å². The number of imide groups is 1. The van der Waals surface area contributed by atoms with Gasteiger partial charge in [0.2, 0.25) is 5.71 Å². The van der Waals surface area contributed by atoms with Crippen molar-refractivity contribution in [3.63, 3.8) is 0 Å². The molecule has 4 aliphatic heterocycles. The van der Waals surface area contributed by atoms with Gasteiger partial charge in [0.05, 0.1) is 44.5 Å². The van der Waals surface area contributed by atoms with Gasteiger partial charge < -0.3 is 38.1 Å². The number of allylic oxidation sites excluding steroid dienone is 8. The van der Waals surface area contributed by atoms with Crippen LogP contribution in [0, 0.1) is 12.8 Å². The molecule has 74 heavy (non-hydrogen) atoms. The number of benzene rings is 2.